The lowest BCUT2D eigenvalue weighted by Crippen LogP contribution is -2.17. The second-order valence-electron chi connectivity index (χ2n) is 5.23. The van der Waals surface area contributed by atoms with E-state index in [9.17, 15) is 4.79 Å². The molecule has 1 atom stereocenters. The lowest BCUT2D eigenvalue weighted by molar-refractivity contribution is -0.137. The number of carboxylic acid groups (broad SMARTS) is 1. The van der Waals surface area contributed by atoms with E-state index >= 15 is 0 Å². The van der Waals surface area contributed by atoms with Crippen molar-refractivity contribution in [3.8, 4) is 0 Å². The van der Waals surface area contributed by atoms with Gasteiger partial charge in [0.15, 0.2) is 0 Å². The van der Waals surface area contributed by atoms with Gasteiger partial charge < -0.3 is 10.8 Å². The van der Waals surface area contributed by atoms with Crippen molar-refractivity contribution in [3.05, 3.63) is 34.3 Å². The topological polar surface area (TPSA) is 63.3 Å². The first-order chi connectivity index (χ1) is 7.70. The van der Waals surface area contributed by atoms with Crippen molar-refractivity contribution in [1.82, 2.24) is 0 Å². The molecule has 1 rings (SSSR count). The Bertz CT molecular complexity index is 424. The van der Waals surface area contributed by atoms with E-state index in [2.05, 4.69) is 20.8 Å². The lowest BCUT2D eigenvalue weighted by Gasteiger charge is -2.21. The average Bonchev–Trinajstić information content (AvgIpc) is 2.14. The summed E-state index contributed by atoms with van der Waals surface area (Å²) < 4.78 is 0. The minimum atomic E-state index is -0.908. The highest BCUT2D eigenvalue weighted by atomic mass is 35.5. The Kier molecular flexibility index (Phi) is 4.17. The summed E-state index contributed by atoms with van der Waals surface area (Å²) in [6.45, 7) is 6.22. The van der Waals surface area contributed by atoms with E-state index in [1.807, 2.05) is 12.1 Å². The Labute approximate surface area is 107 Å². The summed E-state index contributed by atoms with van der Waals surface area (Å²) in [5.74, 6) is -0.908. The molecule has 94 valence electrons. The molecule has 3 N–H and O–H groups in total. The highest BCUT2D eigenvalue weighted by Crippen LogP contribution is 2.29. The summed E-state index contributed by atoms with van der Waals surface area (Å²) in [5.41, 5.74) is 7.62. The second kappa shape index (κ2) is 5.07. The van der Waals surface area contributed by atoms with Gasteiger partial charge in [0.05, 0.1) is 6.42 Å². The van der Waals surface area contributed by atoms with Gasteiger partial charge in [0.2, 0.25) is 0 Å². The molecule has 0 saturated carbocycles. The van der Waals surface area contributed by atoms with Gasteiger partial charge in [0.1, 0.15) is 0 Å². The number of halogens is 1. The number of carbonyl (C=O) groups is 1. The molecule has 1 aromatic carbocycles. The van der Waals surface area contributed by atoms with Crippen molar-refractivity contribution >= 4 is 17.6 Å². The second-order valence-corrected chi connectivity index (χ2v) is 5.66. The van der Waals surface area contributed by atoms with Crippen LogP contribution in [-0.4, -0.2) is 11.1 Å². The summed E-state index contributed by atoms with van der Waals surface area (Å²) in [5, 5.41) is 9.32. The van der Waals surface area contributed by atoms with Gasteiger partial charge in [-0.3, -0.25) is 4.79 Å². The highest BCUT2D eigenvalue weighted by molar-refractivity contribution is 6.30. The molecule has 0 amide bonds. The van der Waals surface area contributed by atoms with Gasteiger partial charge in [0, 0.05) is 11.1 Å². The predicted molar refractivity (Wildman–Crippen MR) is 69.3 cm³/mol. The van der Waals surface area contributed by atoms with Gasteiger partial charge in [-0.25, -0.2) is 0 Å². The molecule has 0 heterocycles. The van der Waals surface area contributed by atoms with Crippen molar-refractivity contribution < 1.29 is 9.90 Å². The van der Waals surface area contributed by atoms with E-state index in [1.54, 1.807) is 6.07 Å². The van der Waals surface area contributed by atoms with Crippen molar-refractivity contribution in [3.63, 3.8) is 0 Å². The number of benzene rings is 1. The smallest absolute Gasteiger partial charge is 0.305 e. The molecule has 1 aromatic rings. The number of carboxylic acids is 1. The lowest BCUT2D eigenvalue weighted by atomic mass is 9.85. The van der Waals surface area contributed by atoms with E-state index in [0.29, 0.717) is 5.02 Å². The normalized spacial score (nSPS) is 13.5. The molecular formula is C13H18ClNO2. The molecule has 0 aliphatic heterocycles. The molecule has 17 heavy (non-hydrogen) atoms. The van der Waals surface area contributed by atoms with Gasteiger partial charge in [-0.05, 0) is 28.7 Å². The fraction of sp³-hybridized carbons (Fsp3) is 0.462. The van der Waals surface area contributed by atoms with Gasteiger partial charge in [-0.2, -0.15) is 0 Å². The summed E-state index contributed by atoms with van der Waals surface area (Å²) in [7, 11) is 0. The first-order valence-electron chi connectivity index (χ1n) is 5.48. The number of rotatable bonds is 3. The van der Waals surface area contributed by atoms with E-state index < -0.39 is 12.0 Å². The molecule has 0 radical (unpaired) electrons. The fourth-order valence-corrected chi connectivity index (χ4v) is 1.81. The van der Waals surface area contributed by atoms with E-state index in [1.165, 1.54) is 0 Å². The Morgan fingerprint density at radius 3 is 2.47 bits per heavy atom. The SMILES string of the molecule is CC(C)(C)c1cc(Cl)cc(C(N)CC(=O)O)c1. The van der Waals surface area contributed by atoms with Crippen LogP contribution < -0.4 is 5.73 Å². The fourth-order valence-electron chi connectivity index (χ4n) is 1.57. The zero-order valence-electron chi connectivity index (χ0n) is 10.3. The quantitative estimate of drug-likeness (QED) is 0.872. The highest BCUT2D eigenvalue weighted by Gasteiger charge is 2.18. The van der Waals surface area contributed by atoms with Crippen LogP contribution in [-0.2, 0) is 10.2 Å². The zero-order valence-corrected chi connectivity index (χ0v) is 11.1. The number of hydrogen-bond acceptors (Lipinski definition) is 2. The standard InChI is InChI=1S/C13H18ClNO2/c1-13(2,3)9-4-8(5-10(14)6-9)11(15)7-12(16)17/h4-6,11H,7,15H2,1-3H3,(H,16,17). The number of hydrogen-bond donors (Lipinski definition) is 2. The van der Waals surface area contributed by atoms with Crippen LogP contribution in [0.4, 0.5) is 0 Å². The van der Waals surface area contributed by atoms with Gasteiger partial charge in [-0.1, -0.05) is 38.4 Å². The van der Waals surface area contributed by atoms with Crippen LogP contribution in [0.15, 0.2) is 18.2 Å². The molecule has 0 aromatic heterocycles. The summed E-state index contributed by atoms with van der Waals surface area (Å²) >= 11 is 6.03. The Morgan fingerprint density at radius 1 is 1.41 bits per heavy atom. The summed E-state index contributed by atoms with van der Waals surface area (Å²) in [6.07, 6.45) is -0.0933. The third kappa shape index (κ3) is 4.02. The van der Waals surface area contributed by atoms with Crippen molar-refractivity contribution in [1.29, 1.82) is 0 Å². The van der Waals surface area contributed by atoms with E-state index in [4.69, 9.17) is 22.4 Å². The molecule has 0 aliphatic carbocycles. The Balaban J connectivity index is 3.09. The molecule has 0 aliphatic rings. The molecule has 3 nitrogen and oxygen atoms in total. The molecular weight excluding hydrogens is 238 g/mol. The molecule has 1 unspecified atom stereocenters. The third-order valence-corrected chi connectivity index (χ3v) is 2.83. The van der Waals surface area contributed by atoms with Crippen molar-refractivity contribution in [2.24, 2.45) is 5.73 Å². The molecule has 4 heteroatoms. The van der Waals surface area contributed by atoms with Crippen LogP contribution in [0.1, 0.15) is 44.4 Å². The minimum absolute atomic E-state index is 0.0391. The van der Waals surface area contributed by atoms with Crippen LogP contribution in [0, 0.1) is 0 Å². The first kappa shape index (κ1) is 14.0. The number of aliphatic carboxylic acids is 1. The van der Waals surface area contributed by atoms with E-state index in [0.717, 1.165) is 11.1 Å². The Hall–Kier alpha value is -1.06. The van der Waals surface area contributed by atoms with E-state index in [-0.39, 0.29) is 11.8 Å². The molecule has 0 saturated heterocycles. The average molecular weight is 256 g/mol. The zero-order chi connectivity index (χ0) is 13.2. The molecule has 0 spiro atoms. The predicted octanol–water partition coefficient (Wildman–Crippen LogP) is 3.11. The van der Waals surface area contributed by atoms with Crippen molar-refractivity contribution in [2.45, 2.75) is 38.6 Å². The number of nitrogens with two attached hydrogens (primary N) is 1. The van der Waals surface area contributed by atoms with Crippen LogP contribution in [0.3, 0.4) is 0 Å². The molecule has 0 fully saturated rings. The first-order valence-corrected chi connectivity index (χ1v) is 5.86. The summed E-state index contributed by atoms with van der Waals surface area (Å²) in [6, 6.07) is 5.02. The maximum atomic E-state index is 10.6. The Morgan fingerprint density at radius 2 is 2.00 bits per heavy atom. The minimum Gasteiger partial charge on any atom is -0.481 e. The monoisotopic (exact) mass is 255 g/mol. The van der Waals surface area contributed by atoms with Crippen LogP contribution in [0.5, 0.6) is 0 Å². The van der Waals surface area contributed by atoms with Crippen LogP contribution in [0.25, 0.3) is 0 Å². The van der Waals surface area contributed by atoms with Crippen molar-refractivity contribution in [2.75, 3.05) is 0 Å². The third-order valence-electron chi connectivity index (χ3n) is 2.61. The van der Waals surface area contributed by atoms with Crippen LogP contribution in [0.2, 0.25) is 5.02 Å². The van der Waals surface area contributed by atoms with Gasteiger partial charge in [-0.15, -0.1) is 0 Å². The maximum Gasteiger partial charge on any atom is 0.305 e. The van der Waals surface area contributed by atoms with Gasteiger partial charge in [0.25, 0.3) is 0 Å². The largest absolute Gasteiger partial charge is 0.481 e. The summed E-state index contributed by atoms with van der Waals surface area (Å²) in [4.78, 5) is 10.6. The van der Waals surface area contributed by atoms with Crippen LogP contribution >= 0.6 is 11.6 Å². The van der Waals surface area contributed by atoms with Gasteiger partial charge >= 0.3 is 5.97 Å². The maximum absolute atomic E-state index is 10.6. The molecule has 0 bridgehead atoms.